The molecule has 24 heteroatoms. The topological polar surface area (TPSA) is 258 Å². The van der Waals surface area contributed by atoms with E-state index in [0.29, 0.717) is 43.9 Å². The van der Waals surface area contributed by atoms with Crippen molar-refractivity contribution in [2.24, 2.45) is 13.5 Å². The van der Waals surface area contributed by atoms with E-state index in [0.717, 1.165) is 66.0 Å². The summed E-state index contributed by atoms with van der Waals surface area (Å²) in [6.45, 7) is 29.6. The van der Waals surface area contributed by atoms with Gasteiger partial charge in [0.05, 0.1) is 59.3 Å². The predicted molar refractivity (Wildman–Crippen MR) is 303 cm³/mol. The highest BCUT2D eigenvalue weighted by Gasteiger charge is 2.56. The van der Waals surface area contributed by atoms with Gasteiger partial charge in [-0.25, -0.2) is 37.0 Å². The number of rotatable bonds is 12. The van der Waals surface area contributed by atoms with Crippen LogP contribution in [0.3, 0.4) is 0 Å². The Morgan fingerprint density at radius 3 is 1.55 bits per heavy atom. The first kappa shape index (κ1) is 56.7. The van der Waals surface area contributed by atoms with Gasteiger partial charge in [0, 0.05) is 85.4 Å². The summed E-state index contributed by atoms with van der Waals surface area (Å²) in [5.41, 5.74) is 2.79. The molecule has 2 atom stereocenters. The van der Waals surface area contributed by atoms with Gasteiger partial charge in [0.15, 0.2) is 22.1 Å². The van der Waals surface area contributed by atoms with Crippen LogP contribution in [0.15, 0.2) is 70.0 Å². The third-order valence-electron chi connectivity index (χ3n) is 16.1. The van der Waals surface area contributed by atoms with E-state index in [9.17, 15) is 23.7 Å². The average molecular weight is 1110 g/mol. The summed E-state index contributed by atoms with van der Waals surface area (Å²) in [4.78, 5) is 33.7. The van der Waals surface area contributed by atoms with Crippen LogP contribution in [0.25, 0.3) is 44.6 Å². The standard InChI is InChI=1S/C28H40N8O2SSi.C23H32N8OSSi.CH4O/c1-26(2,3)25(37)35-14-11-22-23(30-19-31-24(22)35)20-15-32-36(16-20)28(12-13-29)17-34(18-28)39(38,21-9-10-21)33-40(7,8)27(4,5)6;1-22(2,3)34(4,5)29-33(32,18-6-7-18)30-14-23(15-30,9-10-24)31-13-17(12-28-31)20-19-8-11-25-21(19)27-16-26-20;1-2/h11,14-16,19,21H,9-10,12,17-18H2,1-8H3;8,11-13,16,18H,6-7,9,14-15H2,1-5H3,(H,25,26,27);2H,1H3. The van der Waals surface area contributed by atoms with Crippen molar-refractivity contribution < 1.29 is 18.3 Å². The highest BCUT2D eigenvalue weighted by Crippen LogP contribution is 2.47. The molecule has 0 bridgehead atoms. The van der Waals surface area contributed by atoms with E-state index in [1.165, 1.54) is 12.7 Å². The third kappa shape index (κ3) is 10.4. The van der Waals surface area contributed by atoms with E-state index in [1.54, 1.807) is 23.2 Å². The van der Waals surface area contributed by atoms with Crippen LogP contribution in [0.1, 0.15) is 106 Å². The highest BCUT2D eigenvalue weighted by molar-refractivity contribution is 7.93. The molecule has 2 aliphatic heterocycles. The highest BCUT2D eigenvalue weighted by atomic mass is 32.2. The molecular weight excluding hydrogens is 1030 g/mol. The quantitative estimate of drug-likeness (QED) is 0.109. The van der Waals surface area contributed by atoms with Gasteiger partial charge in [0.1, 0.15) is 49.2 Å². The van der Waals surface area contributed by atoms with Crippen molar-refractivity contribution in [1.82, 2.24) is 57.7 Å². The monoisotopic (exact) mass is 1110 g/mol. The van der Waals surface area contributed by atoms with Crippen LogP contribution in [-0.2, 0) is 30.9 Å². The minimum absolute atomic E-state index is 0.00460. The summed E-state index contributed by atoms with van der Waals surface area (Å²) >= 11 is 0. The Bertz CT molecular complexity index is 3490. The van der Waals surface area contributed by atoms with Gasteiger partial charge >= 0.3 is 0 Å². The molecule has 20 nitrogen and oxygen atoms in total. The van der Waals surface area contributed by atoms with Crippen molar-refractivity contribution in [2.45, 2.75) is 159 Å². The Kier molecular flexibility index (Phi) is 15.0. The molecule has 0 amide bonds. The fourth-order valence-electron chi connectivity index (χ4n) is 9.14. The summed E-state index contributed by atoms with van der Waals surface area (Å²) in [7, 11) is -8.31. The molecule has 6 aromatic rings. The van der Waals surface area contributed by atoms with E-state index in [2.05, 4.69) is 115 Å². The Morgan fingerprint density at radius 2 is 1.14 bits per heavy atom. The molecule has 0 aromatic carbocycles. The Balaban J connectivity index is 0.000000197. The van der Waals surface area contributed by atoms with Gasteiger partial charge in [-0.05, 0) is 74.1 Å². The predicted octanol–water partition coefficient (Wildman–Crippen LogP) is 9.36. The maximum Gasteiger partial charge on any atom is 0.237 e. The lowest BCUT2D eigenvalue weighted by Crippen LogP contribution is -2.65. The molecule has 0 spiro atoms. The van der Waals surface area contributed by atoms with Crippen LogP contribution in [0.5, 0.6) is 0 Å². The van der Waals surface area contributed by atoms with Crippen LogP contribution in [-0.4, -0.2) is 137 Å². The Morgan fingerprint density at radius 1 is 0.711 bits per heavy atom. The van der Waals surface area contributed by atoms with Gasteiger partial charge < -0.3 is 10.1 Å². The minimum atomic E-state index is -2.55. The Labute approximate surface area is 450 Å². The lowest BCUT2D eigenvalue weighted by molar-refractivity contribution is 0.0748. The van der Waals surface area contributed by atoms with Crippen LogP contribution >= 0.6 is 0 Å². The van der Waals surface area contributed by atoms with Gasteiger partial charge in [-0.1, -0.05) is 62.3 Å². The summed E-state index contributed by atoms with van der Waals surface area (Å²) in [5, 5.41) is 37.7. The van der Waals surface area contributed by atoms with Crippen molar-refractivity contribution in [3.63, 3.8) is 0 Å². The van der Waals surface area contributed by atoms with Gasteiger partial charge in [-0.3, -0.25) is 26.8 Å². The molecule has 2 N–H and O–H groups in total. The summed E-state index contributed by atoms with van der Waals surface area (Å²) in [5.74, 6) is -0.0484. The zero-order valence-corrected chi connectivity index (χ0v) is 50.3. The molecule has 2 aliphatic carbocycles. The lowest BCUT2D eigenvalue weighted by atomic mass is 9.89. The van der Waals surface area contributed by atoms with Gasteiger partial charge in [0.25, 0.3) is 0 Å². The van der Waals surface area contributed by atoms with Crippen LogP contribution in [0.4, 0.5) is 0 Å². The Hall–Kier alpha value is -5.48. The minimum Gasteiger partial charge on any atom is -0.400 e. The number of hydrogen-bond donors (Lipinski definition) is 2. The van der Waals surface area contributed by atoms with Crippen LogP contribution < -0.4 is 0 Å². The van der Waals surface area contributed by atoms with Gasteiger partial charge in [-0.15, -0.1) is 0 Å². The second-order valence-corrected chi connectivity index (χ2v) is 40.2. The average Bonchev–Trinajstić information content (AvgIpc) is 4.13. The summed E-state index contributed by atoms with van der Waals surface area (Å²) in [6.07, 6.45) is 18.3. The van der Waals surface area contributed by atoms with E-state index in [-0.39, 0.29) is 32.9 Å². The van der Waals surface area contributed by atoms with Crippen molar-refractivity contribution in [3.05, 3.63) is 62.0 Å². The molecule has 76 heavy (non-hydrogen) atoms. The first-order valence-corrected chi connectivity index (χ1v) is 35.0. The van der Waals surface area contributed by atoms with E-state index >= 15 is 0 Å². The number of nitriles is 2. The van der Waals surface area contributed by atoms with Crippen molar-refractivity contribution >= 4 is 64.3 Å². The molecule has 408 valence electrons. The number of fused-ring (bicyclic) bond motifs is 2. The van der Waals surface area contributed by atoms with E-state index in [1.807, 2.05) is 69.5 Å². The number of aromatic nitrogens is 10. The number of carbonyl (C=O) groups excluding carboxylic acids is 1. The smallest absolute Gasteiger partial charge is 0.237 e. The molecule has 2 saturated heterocycles. The number of H-pyrrole nitrogens is 1. The van der Waals surface area contributed by atoms with E-state index < -0.39 is 52.8 Å². The molecule has 4 aliphatic rings. The number of aromatic amines is 1. The van der Waals surface area contributed by atoms with Crippen molar-refractivity contribution in [2.75, 3.05) is 33.3 Å². The van der Waals surface area contributed by atoms with Crippen molar-refractivity contribution in [3.8, 4) is 34.7 Å². The maximum atomic E-state index is 14.5. The maximum absolute atomic E-state index is 14.5. The molecule has 8 heterocycles. The third-order valence-corrected chi connectivity index (χ3v) is 33.9. The summed E-state index contributed by atoms with van der Waals surface area (Å²) < 4.78 is 48.4. The fourth-order valence-corrected chi connectivity index (χ4v) is 22.7. The number of nitrogens with one attached hydrogen (secondary N) is 1. The molecule has 4 fully saturated rings. The van der Waals surface area contributed by atoms with Crippen LogP contribution in [0.2, 0.25) is 36.3 Å². The molecule has 10 rings (SSSR count). The first-order valence-electron chi connectivity index (χ1n) is 26.0. The fraction of sp³-hybridized carbons (Fsp3) is 0.596. The van der Waals surface area contributed by atoms with Crippen molar-refractivity contribution in [1.29, 1.82) is 10.5 Å². The molecule has 0 radical (unpaired) electrons. The van der Waals surface area contributed by atoms with Gasteiger partial charge in [-0.2, -0.15) is 20.7 Å². The lowest BCUT2D eigenvalue weighted by Gasteiger charge is -2.50. The number of carbonyl (C=O) groups is 1. The number of nitrogens with zero attached hydrogens (tertiary/aromatic N) is 15. The van der Waals surface area contributed by atoms with Crippen LogP contribution in [0, 0.1) is 28.1 Å². The zero-order valence-electron chi connectivity index (χ0n) is 46.7. The van der Waals surface area contributed by atoms with E-state index in [4.69, 9.17) is 13.2 Å². The first-order chi connectivity index (χ1) is 35.5. The number of aliphatic hydroxyl groups excluding tert-OH is 1. The normalized spacial score (nSPS) is 19.5. The summed E-state index contributed by atoms with van der Waals surface area (Å²) in [6, 6.07) is 8.48. The number of aliphatic hydroxyl groups is 1. The number of hydrogen-bond acceptors (Lipinski definition) is 14. The molecule has 6 aromatic heterocycles. The SMILES string of the molecule is CC(C)(C)C(=O)n1ccc2c(-c3cnn(C4(CC#N)CN(S(=O)(=N[Si](C)(C)C(C)(C)C)C5CC5)C4)c3)ncnc21.CC(C)(C)[Si](C)(C)N=S(=O)(C1CC1)N1CC(CC#N)(n2cc(-c3ncnc4[nH]ccc34)cn2)C1.CO. The van der Waals surface area contributed by atoms with Gasteiger partial charge in [0.2, 0.25) is 5.91 Å². The second kappa shape index (κ2) is 20.1. The second-order valence-electron chi connectivity index (χ2n) is 25.0. The molecule has 2 unspecified atom stereocenters. The molecular formula is C52H76N16O4S2Si2. The molecule has 2 saturated carbocycles. The zero-order chi connectivity index (χ0) is 55.7. The largest absolute Gasteiger partial charge is 0.400 e.